The first-order valence-electron chi connectivity index (χ1n) is 9.90. The number of hydrogen-bond donors (Lipinski definition) is 1. The lowest BCUT2D eigenvalue weighted by molar-refractivity contribution is -0.116. The van der Waals surface area contributed by atoms with Crippen molar-refractivity contribution in [1.29, 1.82) is 0 Å². The molecule has 0 unspecified atom stereocenters. The van der Waals surface area contributed by atoms with Gasteiger partial charge in [-0.25, -0.2) is 9.48 Å². The summed E-state index contributed by atoms with van der Waals surface area (Å²) in [6.45, 7) is 0.354. The zero-order valence-electron chi connectivity index (χ0n) is 17.0. The summed E-state index contributed by atoms with van der Waals surface area (Å²) in [6, 6.07) is 20.1. The molecular weight excluding hydrogens is 474 g/mol. The molecule has 4 aromatic rings. The van der Waals surface area contributed by atoms with Crippen LogP contribution in [0.5, 0.6) is 0 Å². The fraction of sp³-hybridized carbons (Fsp3) is 0.130. The number of amides is 1. The van der Waals surface area contributed by atoms with E-state index in [2.05, 4.69) is 26.3 Å². The van der Waals surface area contributed by atoms with Crippen molar-refractivity contribution in [2.24, 2.45) is 0 Å². The summed E-state index contributed by atoms with van der Waals surface area (Å²) < 4.78 is 4.90. The maximum atomic E-state index is 12.8. The lowest BCUT2D eigenvalue weighted by Crippen LogP contribution is -2.42. The molecular formula is C23H20BrN5O3. The van der Waals surface area contributed by atoms with Gasteiger partial charge in [-0.2, -0.15) is 5.10 Å². The van der Waals surface area contributed by atoms with E-state index < -0.39 is 23.7 Å². The number of hydrogen-bond acceptors (Lipinski definition) is 4. The van der Waals surface area contributed by atoms with E-state index in [4.69, 9.17) is 0 Å². The molecule has 32 heavy (non-hydrogen) atoms. The lowest BCUT2D eigenvalue weighted by atomic mass is 10.2. The SMILES string of the molecule is O=C(Cn1c(=O)ccn(Cc2ccccc2)c1=O)Nc1ccnn1Cc1ccccc1Br. The molecule has 4 rings (SSSR count). The Labute approximate surface area is 191 Å². The largest absolute Gasteiger partial charge is 0.331 e. The summed E-state index contributed by atoms with van der Waals surface area (Å²) in [6.07, 6.45) is 3.02. The highest BCUT2D eigenvalue weighted by Crippen LogP contribution is 2.18. The van der Waals surface area contributed by atoms with Crippen LogP contribution in [0.15, 0.2) is 93.2 Å². The Kier molecular flexibility index (Phi) is 6.46. The first-order valence-corrected chi connectivity index (χ1v) is 10.7. The van der Waals surface area contributed by atoms with Crippen molar-refractivity contribution in [1.82, 2.24) is 18.9 Å². The first kappa shape index (κ1) is 21.5. The van der Waals surface area contributed by atoms with Crippen LogP contribution in [0, 0.1) is 0 Å². The zero-order valence-corrected chi connectivity index (χ0v) is 18.6. The van der Waals surface area contributed by atoms with Crippen LogP contribution in [-0.2, 0) is 24.4 Å². The number of anilines is 1. The Hall–Kier alpha value is -3.72. The molecule has 1 amide bonds. The van der Waals surface area contributed by atoms with Crippen LogP contribution in [0.2, 0.25) is 0 Å². The van der Waals surface area contributed by atoms with Crippen LogP contribution in [0.25, 0.3) is 0 Å². The Bertz CT molecular complexity index is 1360. The molecule has 0 aliphatic heterocycles. The van der Waals surface area contributed by atoms with E-state index in [0.29, 0.717) is 18.9 Å². The Morgan fingerprint density at radius 2 is 1.69 bits per heavy atom. The monoisotopic (exact) mass is 493 g/mol. The minimum atomic E-state index is -0.543. The number of nitrogens with one attached hydrogen (secondary N) is 1. The topological polar surface area (TPSA) is 90.9 Å². The van der Waals surface area contributed by atoms with Gasteiger partial charge in [0, 0.05) is 22.8 Å². The van der Waals surface area contributed by atoms with Gasteiger partial charge >= 0.3 is 5.69 Å². The third-order valence-corrected chi connectivity index (χ3v) is 5.67. The van der Waals surface area contributed by atoms with Gasteiger partial charge in [0.15, 0.2) is 0 Å². The number of rotatable bonds is 7. The van der Waals surface area contributed by atoms with E-state index in [0.717, 1.165) is 20.2 Å². The van der Waals surface area contributed by atoms with Gasteiger partial charge in [-0.1, -0.05) is 64.5 Å². The lowest BCUT2D eigenvalue weighted by Gasteiger charge is -2.12. The second kappa shape index (κ2) is 9.61. The summed E-state index contributed by atoms with van der Waals surface area (Å²) in [4.78, 5) is 37.7. The average molecular weight is 494 g/mol. The number of halogens is 1. The average Bonchev–Trinajstić information content (AvgIpc) is 3.22. The summed E-state index contributed by atoms with van der Waals surface area (Å²) in [5.74, 6) is -0.0186. The molecule has 0 saturated heterocycles. The maximum Gasteiger partial charge on any atom is 0.331 e. The number of aromatic nitrogens is 4. The van der Waals surface area contributed by atoms with Gasteiger partial charge in [0.25, 0.3) is 5.56 Å². The van der Waals surface area contributed by atoms with Gasteiger partial charge in [0.1, 0.15) is 12.4 Å². The normalized spacial score (nSPS) is 10.8. The van der Waals surface area contributed by atoms with E-state index in [1.807, 2.05) is 54.6 Å². The van der Waals surface area contributed by atoms with E-state index in [9.17, 15) is 14.4 Å². The summed E-state index contributed by atoms with van der Waals surface area (Å²) >= 11 is 3.50. The Balaban J connectivity index is 1.50. The molecule has 2 aromatic carbocycles. The fourth-order valence-corrected chi connectivity index (χ4v) is 3.69. The van der Waals surface area contributed by atoms with Crippen LogP contribution in [0.3, 0.4) is 0 Å². The molecule has 8 nitrogen and oxygen atoms in total. The standard InChI is InChI=1S/C23H20BrN5O3/c24-19-9-5-4-8-18(19)15-29-20(10-12-25-29)26-21(30)16-28-22(31)11-13-27(23(28)32)14-17-6-2-1-3-7-17/h1-13H,14-16H2,(H,26,30). The van der Waals surface area contributed by atoms with Gasteiger partial charge in [0.2, 0.25) is 5.91 Å². The minimum absolute atomic E-state index is 0.306. The number of carbonyl (C=O) groups excluding carboxylic acids is 1. The third-order valence-electron chi connectivity index (χ3n) is 4.90. The second-order valence-electron chi connectivity index (χ2n) is 7.15. The van der Waals surface area contributed by atoms with E-state index >= 15 is 0 Å². The van der Waals surface area contributed by atoms with Crippen molar-refractivity contribution < 1.29 is 4.79 Å². The van der Waals surface area contributed by atoms with Crippen molar-refractivity contribution in [3.05, 3.63) is 116 Å². The molecule has 162 valence electrons. The van der Waals surface area contributed by atoms with Crippen LogP contribution in [-0.4, -0.2) is 24.8 Å². The Morgan fingerprint density at radius 1 is 0.938 bits per heavy atom. The predicted octanol–water partition coefficient (Wildman–Crippen LogP) is 2.70. The number of carbonyl (C=O) groups is 1. The van der Waals surface area contributed by atoms with Gasteiger partial charge in [-0.15, -0.1) is 0 Å². The summed E-state index contributed by atoms with van der Waals surface area (Å²) in [5.41, 5.74) is 0.837. The first-order chi connectivity index (χ1) is 15.5. The fourth-order valence-electron chi connectivity index (χ4n) is 3.28. The van der Waals surface area contributed by atoms with Crippen molar-refractivity contribution in [3.63, 3.8) is 0 Å². The van der Waals surface area contributed by atoms with E-state index in [1.165, 1.54) is 16.8 Å². The molecule has 0 radical (unpaired) electrons. The summed E-state index contributed by atoms with van der Waals surface area (Å²) in [5, 5.41) is 7.00. The van der Waals surface area contributed by atoms with Crippen molar-refractivity contribution in [3.8, 4) is 0 Å². The summed E-state index contributed by atoms with van der Waals surface area (Å²) in [7, 11) is 0. The molecule has 0 aliphatic carbocycles. The molecule has 1 N–H and O–H groups in total. The second-order valence-corrected chi connectivity index (χ2v) is 8.00. The third kappa shape index (κ3) is 4.94. The van der Waals surface area contributed by atoms with E-state index in [-0.39, 0.29) is 0 Å². The highest BCUT2D eigenvalue weighted by atomic mass is 79.9. The van der Waals surface area contributed by atoms with Gasteiger partial charge < -0.3 is 5.32 Å². The van der Waals surface area contributed by atoms with Crippen LogP contribution in [0.1, 0.15) is 11.1 Å². The van der Waals surface area contributed by atoms with Crippen LogP contribution < -0.4 is 16.6 Å². The zero-order chi connectivity index (χ0) is 22.5. The molecule has 9 heteroatoms. The molecule has 0 spiro atoms. The van der Waals surface area contributed by atoms with Crippen molar-refractivity contribution in [2.75, 3.05) is 5.32 Å². The molecule has 2 heterocycles. The molecule has 0 bridgehead atoms. The highest BCUT2D eigenvalue weighted by molar-refractivity contribution is 9.10. The molecule has 0 aliphatic rings. The van der Waals surface area contributed by atoms with Crippen LogP contribution >= 0.6 is 15.9 Å². The minimum Gasteiger partial charge on any atom is -0.309 e. The maximum absolute atomic E-state index is 12.8. The molecule has 2 aromatic heterocycles. The molecule has 0 fully saturated rings. The number of benzene rings is 2. The number of nitrogens with zero attached hydrogens (tertiary/aromatic N) is 4. The van der Waals surface area contributed by atoms with Crippen LogP contribution in [0.4, 0.5) is 5.82 Å². The molecule has 0 atom stereocenters. The van der Waals surface area contributed by atoms with E-state index in [1.54, 1.807) is 16.9 Å². The van der Waals surface area contributed by atoms with Crippen molar-refractivity contribution in [2.45, 2.75) is 19.6 Å². The van der Waals surface area contributed by atoms with Gasteiger partial charge in [-0.05, 0) is 17.2 Å². The van der Waals surface area contributed by atoms with Crippen molar-refractivity contribution >= 4 is 27.7 Å². The van der Waals surface area contributed by atoms with Gasteiger partial charge in [0.05, 0.1) is 19.3 Å². The highest BCUT2D eigenvalue weighted by Gasteiger charge is 2.13. The Morgan fingerprint density at radius 3 is 2.47 bits per heavy atom. The smallest absolute Gasteiger partial charge is 0.309 e. The molecule has 0 saturated carbocycles. The van der Waals surface area contributed by atoms with Gasteiger partial charge in [-0.3, -0.25) is 18.7 Å². The predicted molar refractivity (Wildman–Crippen MR) is 125 cm³/mol. The quantitative estimate of drug-likeness (QED) is 0.428.